The number of pyridine rings is 2. The Hall–Kier alpha value is -5.18. The third-order valence-electron chi connectivity index (χ3n) is 13.0. The summed E-state index contributed by atoms with van der Waals surface area (Å²) < 4.78 is 32.7. The Labute approximate surface area is 444 Å². The Morgan fingerprint density at radius 3 is 1.53 bits per heavy atom. The van der Waals surface area contributed by atoms with E-state index in [0.29, 0.717) is 59.5 Å². The quantitative estimate of drug-likeness (QED) is 0.0433. The number of carbonyl (C=O) groups excluding carboxylic acids is 2. The Morgan fingerprint density at radius 1 is 0.644 bits per heavy atom. The minimum atomic E-state index is -1.17. The second-order valence-corrected chi connectivity index (χ2v) is 34.5. The van der Waals surface area contributed by atoms with Crippen LogP contribution in [-0.2, 0) is 42.0 Å². The number of aromatic nitrogens is 6. The van der Waals surface area contributed by atoms with Crippen LogP contribution in [-0.4, -0.2) is 175 Å². The molecule has 4 fully saturated rings. The first-order valence-corrected chi connectivity index (χ1v) is 33.8. The van der Waals surface area contributed by atoms with Crippen LogP contribution >= 0.6 is 22.6 Å². The molecule has 4 aromatic heterocycles. The fourth-order valence-corrected chi connectivity index (χ4v) is 10.2. The molecular formula is C52H71IN10O8Si2. The number of hydrogen-bond donors (Lipinski definition) is 1. The number of amides is 2. The number of alkyl halides is 1. The number of anilines is 2. The predicted octanol–water partition coefficient (Wildman–Crippen LogP) is 7.68. The fourth-order valence-electron chi connectivity index (χ4n) is 8.15. The Bertz CT molecular complexity index is 2850. The van der Waals surface area contributed by atoms with Crippen LogP contribution in [0, 0.1) is 0 Å². The van der Waals surface area contributed by atoms with Crippen LogP contribution in [0.4, 0.5) is 11.6 Å². The van der Waals surface area contributed by atoms with E-state index in [1.54, 1.807) is 34.3 Å². The summed E-state index contributed by atoms with van der Waals surface area (Å²) in [7, 11) is 1.32. The summed E-state index contributed by atoms with van der Waals surface area (Å²) in [5.74, 6) is 2.70. The van der Waals surface area contributed by atoms with Gasteiger partial charge in [-0.2, -0.15) is 10.2 Å². The maximum atomic E-state index is 12.3. The molecule has 0 saturated carbocycles. The molecule has 21 heteroatoms. The average Bonchev–Trinajstić information content (AvgIpc) is 3.88. The lowest BCUT2D eigenvalue weighted by molar-refractivity contribution is -0.130. The number of nitrogens with zero attached hydrogens (tertiary/aromatic N) is 10. The molecule has 8 heterocycles. The van der Waals surface area contributed by atoms with Gasteiger partial charge in [0.2, 0.25) is 11.8 Å². The molecule has 1 N–H and O–H groups in total. The van der Waals surface area contributed by atoms with Crippen molar-refractivity contribution in [3.63, 3.8) is 0 Å². The predicted molar refractivity (Wildman–Crippen MR) is 299 cm³/mol. The van der Waals surface area contributed by atoms with E-state index in [9.17, 15) is 14.7 Å². The molecule has 10 rings (SSSR count). The van der Waals surface area contributed by atoms with Crippen molar-refractivity contribution in [1.29, 1.82) is 0 Å². The number of phenols is 1. The van der Waals surface area contributed by atoms with Gasteiger partial charge in [-0.1, -0.05) is 61.9 Å². The van der Waals surface area contributed by atoms with E-state index in [4.69, 9.17) is 33.9 Å². The number of likely N-dealkylation sites (N-methyl/N-ethyl adjacent to an activating group) is 2. The van der Waals surface area contributed by atoms with Crippen LogP contribution in [0.25, 0.3) is 44.3 Å². The second kappa shape index (κ2) is 24.0. The highest BCUT2D eigenvalue weighted by molar-refractivity contribution is 14.1. The number of benzene rings is 2. The highest BCUT2D eigenvalue weighted by Crippen LogP contribution is 2.35. The molecule has 73 heavy (non-hydrogen) atoms. The van der Waals surface area contributed by atoms with Gasteiger partial charge in [0.05, 0.1) is 54.5 Å². The molecule has 392 valence electrons. The van der Waals surface area contributed by atoms with Gasteiger partial charge < -0.3 is 48.4 Å². The SMILES string of the molecule is CN1CCN(c2cc(-c3nn(COCC[Si](C)(C)C)c4ccc(O)cc34)ccn2)CC1=O.CN1CCN(c2cc(-c3nn(COCC[Si](C)(C)C)c4ccc(OC5COC5)cc34)ccn2)CC1=O.IC1COC1. The maximum absolute atomic E-state index is 12.3. The lowest BCUT2D eigenvalue weighted by atomic mass is 10.1. The number of aromatic hydroxyl groups is 1. The zero-order valence-corrected chi connectivity index (χ0v) is 47.7. The fraction of sp³-hybridized carbons (Fsp3) is 0.500. The van der Waals surface area contributed by atoms with Crippen LogP contribution in [0.2, 0.25) is 51.4 Å². The van der Waals surface area contributed by atoms with Crippen LogP contribution in [0.3, 0.4) is 0 Å². The monoisotopic (exact) mass is 1150 g/mol. The van der Waals surface area contributed by atoms with Crippen molar-refractivity contribution in [3.8, 4) is 34.0 Å². The molecule has 0 atom stereocenters. The Kier molecular flexibility index (Phi) is 17.8. The lowest BCUT2D eigenvalue weighted by Crippen LogP contribution is -2.48. The van der Waals surface area contributed by atoms with Gasteiger partial charge in [-0.05, 0) is 72.8 Å². The summed E-state index contributed by atoms with van der Waals surface area (Å²) >= 11 is 2.37. The van der Waals surface area contributed by atoms with Crippen LogP contribution in [0.5, 0.6) is 11.5 Å². The van der Waals surface area contributed by atoms with Crippen molar-refractivity contribution in [1.82, 2.24) is 39.3 Å². The minimum Gasteiger partial charge on any atom is -0.508 e. The lowest BCUT2D eigenvalue weighted by Gasteiger charge is -2.32. The molecule has 0 radical (unpaired) electrons. The van der Waals surface area contributed by atoms with Crippen molar-refractivity contribution in [3.05, 3.63) is 73.1 Å². The first-order chi connectivity index (χ1) is 34.9. The molecule has 6 aromatic rings. The van der Waals surface area contributed by atoms with E-state index in [-0.39, 0.29) is 23.7 Å². The molecule has 0 spiro atoms. The summed E-state index contributed by atoms with van der Waals surface area (Å²) in [6, 6.07) is 21.4. The molecule has 4 aliphatic heterocycles. The van der Waals surface area contributed by atoms with E-state index < -0.39 is 16.1 Å². The van der Waals surface area contributed by atoms with Crippen molar-refractivity contribution < 1.29 is 38.4 Å². The number of halogens is 1. The normalized spacial score (nSPS) is 16.8. The van der Waals surface area contributed by atoms with Gasteiger partial charge in [0.15, 0.2) is 0 Å². The molecule has 18 nitrogen and oxygen atoms in total. The standard InChI is InChI=1S/C26H35N5O4Si.C23H31N5O3Si.C3H5IO/c1-29-9-10-30(15-25(29)32)24-13-19(7-8-27-24)26-22-14-20(35-21-16-34-17-21)5-6-23(22)31(28-26)18-33-11-12-36(2,3)4;1-26-9-10-27(15-22(26)30)21-13-17(7-8-24-21)23-19-14-18(29)5-6-20(19)28(25-23)16-31-11-12-32(2,3)4;4-3-1-5-2-3/h5-8,13-14,21H,9-12,15-18H2,1-4H3;5-8,13-14,29H,9-12,15-16H2,1-4H3;3H,1-2H2. The molecule has 2 aromatic carbocycles. The number of fused-ring (bicyclic) bond motifs is 2. The van der Waals surface area contributed by atoms with E-state index in [0.717, 1.165) is 111 Å². The summed E-state index contributed by atoms with van der Waals surface area (Å²) in [5, 5.41) is 21.7. The van der Waals surface area contributed by atoms with Crippen molar-refractivity contribution >= 4 is 84.0 Å². The van der Waals surface area contributed by atoms with Gasteiger partial charge in [0, 0.05) is 104 Å². The third kappa shape index (κ3) is 14.6. The molecule has 0 unspecified atom stereocenters. The van der Waals surface area contributed by atoms with Crippen molar-refractivity contribution in [2.75, 3.05) is 103 Å². The van der Waals surface area contributed by atoms with Crippen LogP contribution < -0.4 is 14.5 Å². The van der Waals surface area contributed by atoms with Crippen LogP contribution in [0.1, 0.15) is 0 Å². The molecule has 2 amide bonds. The van der Waals surface area contributed by atoms with Gasteiger partial charge in [0.25, 0.3) is 0 Å². The van der Waals surface area contributed by atoms with Gasteiger partial charge >= 0.3 is 0 Å². The van der Waals surface area contributed by atoms with E-state index in [1.165, 1.54) is 0 Å². The summed E-state index contributed by atoms with van der Waals surface area (Å²) in [6.45, 7) is 22.9. The van der Waals surface area contributed by atoms with Gasteiger partial charge in [-0.25, -0.2) is 19.3 Å². The van der Waals surface area contributed by atoms with Crippen LogP contribution in [0.15, 0.2) is 73.1 Å². The van der Waals surface area contributed by atoms with Crippen molar-refractivity contribution in [2.45, 2.75) is 74.9 Å². The first-order valence-electron chi connectivity index (χ1n) is 25.1. The topological polar surface area (TPSA) is 175 Å². The number of rotatable bonds is 16. The van der Waals surface area contributed by atoms with Gasteiger partial charge in [-0.15, -0.1) is 0 Å². The average molecular weight is 1150 g/mol. The Morgan fingerprint density at radius 2 is 1.11 bits per heavy atom. The van der Waals surface area contributed by atoms with E-state index in [2.05, 4.69) is 71.8 Å². The van der Waals surface area contributed by atoms with Crippen molar-refractivity contribution in [2.24, 2.45) is 0 Å². The second-order valence-electron chi connectivity index (χ2n) is 21.5. The smallest absolute Gasteiger partial charge is 0.241 e. The molecule has 4 aliphatic rings. The van der Waals surface area contributed by atoms with E-state index >= 15 is 0 Å². The third-order valence-corrected chi connectivity index (χ3v) is 17.1. The first kappa shape index (κ1) is 54.1. The number of ether oxygens (including phenoxy) is 5. The maximum Gasteiger partial charge on any atom is 0.241 e. The number of piperazine rings is 2. The van der Waals surface area contributed by atoms with E-state index in [1.807, 2.05) is 81.8 Å². The Balaban J connectivity index is 0.000000179. The zero-order valence-electron chi connectivity index (χ0n) is 43.6. The highest BCUT2D eigenvalue weighted by Gasteiger charge is 2.26. The molecule has 0 bridgehead atoms. The number of carbonyl (C=O) groups is 2. The number of hydrogen-bond acceptors (Lipinski definition) is 14. The molecular weight excluding hydrogens is 1080 g/mol. The number of phenolic OH excluding ortho intramolecular Hbond substituents is 1. The molecule has 4 saturated heterocycles. The van der Waals surface area contributed by atoms with Gasteiger partial charge in [-0.3, -0.25) is 9.59 Å². The molecule has 0 aliphatic carbocycles. The minimum absolute atomic E-state index is 0.0820. The zero-order chi connectivity index (χ0) is 51.9. The largest absolute Gasteiger partial charge is 0.508 e. The summed E-state index contributed by atoms with van der Waals surface area (Å²) in [6.07, 6.45) is 3.62. The van der Waals surface area contributed by atoms with Gasteiger partial charge in [0.1, 0.15) is 54.1 Å². The summed E-state index contributed by atoms with van der Waals surface area (Å²) in [5.41, 5.74) is 5.33. The summed E-state index contributed by atoms with van der Waals surface area (Å²) in [4.78, 5) is 40.9. The highest BCUT2D eigenvalue weighted by atomic mass is 127.